The van der Waals surface area contributed by atoms with Crippen LogP contribution in [0.15, 0.2) is 42.0 Å². The monoisotopic (exact) mass is 344 g/mol. The molecule has 0 amide bonds. The van der Waals surface area contributed by atoms with Gasteiger partial charge in [0.1, 0.15) is 36.7 Å². The van der Waals surface area contributed by atoms with Gasteiger partial charge in [0, 0.05) is 17.2 Å². The van der Waals surface area contributed by atoms with E-state index in [0.717, 1.165) is 17.4 Å². The lowest BCUT2D eigenvalue weighted by Gasteiger charge is -2.16. The molecule has 0 unspecified atom stereocenters. The van der Waals surface area contributed by atoms with Crippen molar-refractivity contribution in [3.05, 3.63) is 58.1 Å². The number of benzene rings is 2. The molecule has 0 N–H and O–H groups in total. The molecule has 124 valence electrons. The predicted octanol–water partition coefficient (Wildman–Crippen LogP) is 4.29. The van der Waals surface area contributed by atoms with Crippen molar-refractivity contribution in [1.29, 1.82) is 0 Å². The van der Waals surface area contributed by atoms with Gasteiger partial charge in [-0.15, -0.1) is 0 Å². The van der Waals surface area contributed by atoms with Crippen molar-refractivity contribution in [2.45, 2.75) is 13.5 Å². The zero-order valence-electron chi connectivity index (χ0n) is 13.3. The van der Waals surface area contributed by atoms with Gasteiger partial charge in [0.15, 0.2) is 0 Å². The first-order valence-electron chi connectivity index (χ1n) is 7.66. The Hall–Kier alpha value is -2.46. The van der Waals surface area contributed by atoms with Gasteiger partial charge in [-0.3, -0.25) is 4.79 Å². The highest BCUT2D eigenvalue weighted by molar-refractivity contribution is 6.32. The topological polar surface area (TPSA) is 44.8 Å². The van der Waals surface area contributed by atoms with Crippen LogP contribution >= 0.6 is 11.6 Å². The number of aldehydes is 1. The van der Waals surface area contributed by atoms with E-state index in [4.69, 9.17) is 25.8 Å². The molecule has 0 fully saturated rings. The number of carbonyl (C=O) groups excluding carboxylic acids is 1. The normalized spacial score (nSPS) is 12.7. The fraction of sp³-hybridized carbons (Fsp3) is 0.211. The summed E-state index contributed by atoms with van der Waals surface area (Å²) in [4.78, 5) is 10.8. The average Bonchev–Trinajstić information content (AvgIpc) is 2.61. The Balaban J connectivity index is 1.68. The van der Waals surface area contributed by atoms with Crippen LogP contribution in [0.3, 0.4) is 0 Å². The van der Waals surface area contributed by atoms with Gasteiger partial charge >= 0.3 is 0 Å². The largest absolute Gasteiger partial charge is 0.492 e. The van der Waals surface area contributed by atoms with Crippen LogP contribution in [0, 0.1) is 0 Å². The summed E-state index contributed by atoms with van der Waals surface area (Å²) in [5, 5.41) is 0.568. The molecule has 0 bridgehead atoms. The molecule has 0 atom stereocenters. The molecule has 3 rings (SSSR count). The van der Waals surface area contributed by atoms with Gasteiger partial charge in [-0.1, -0.05) is 17.7 Å². The first-order chi connectivity index (χ1) is 11.7. The number of ether oxygens (including phenoxy) is 3. The number of rotatable bonds is 6. The summed E-state index contributed by atoms with van der Waals surface area (Å²) in [6.07, 6.45) is 2.63. The Labute approximate surface area is 145 Å². The Bertz CT molecular complexity index is 783. The van der Waals surface area contributed by atoms with Crippen LogP contribution in [0.25, 0.3) is 6.08 Å². The minimum absolute atomic E-state index is 0.286. The number of halogens is 1. The third-order valence-electron chi connectivity index (χ3n) is 3.57. The zero-order valence-corrected chi connectivity index (χ0v) is 14.0. The molecular weight excluding hydrogens is 328 g/mol. The van der Waals surface area contributed by atoms with E-state index in [0.29, 0.717) is 41.1 Å². The molecule has 2 aromatic carbocycles. The zero-order chi connectivity index (χ0) is 16.9. The van der Waals surface area contributed by atoms with E-state index in [1.807, 2.05) is 49.4 Å². The summed E-state index contributed by atoms with van der Waals surface area (Å²) in [5.74, 6) is 2.08. The summed E-state index contributed by atoms with van der Waals surface area (Å²) in [7, 11) is 0. The van der Waals surface area contributed by atoms with Gasteiger partial charge in [0.25, 0.3) is 0 Å². The second-order valence-electron chi connectivity index (χ2n) is 5.31. The molecule has 5 heteroatoms. The van der Waals surface area contributed by atoms with Crippen molar-refractivity contribution in [2.24, 2.45) is 0 Å². The molecule has 0 spiro atoms. The highest BCUT2D eigenvalue weighted by atomic mass is 35.5. The number of hydrogen-bond donors (Lipinski definition) is 0. The third-order valence-corrected chi connectivity index (χ3v) is 3.87. The molecule has 0 radical (unpaired) electrons. The van der Waals surface area contributed by atoms with E-state index >= 15 is 0 Å². The van der Waals surface area contributed by atoms with Crippen molar-refractivity contribution in [2.75, 3.05) is 13.2 Å². The van der Waals surface area contributed by atoms with Crippen molar-refractivity contribution < 1.29 is 19.0 Å². The van der Waals surface area contributed by atoms with Crippen molar-refractivity contribution in [3.8, 4) is 17.2 Å². The lowest BCUT2D eigenvalue weighted by atomic mass is 10.1. The first-order valence-corrected chi connectivity index (χ1v) is 8.04. The summed E-state index contributed by atoms with van der Waals surface area (Å²) in [6, 6.07) is 11.1. The Kier molecular flexibility index (Phi) is 5.06. The second-order valence-corrected chi connectivity index (χ2v) is 5.72. The molecule has 1 aliphatic rings. The molecule has 0 aromatic heterocycles. The predicted molar refractivity (Wildman–Crippen MR) is 92.9 cm³/mol. The van der Waals surface area contributed by atoms with Crippen LogP contribution in [-0.4, -0.2) is 19.5 Å². The molecule has 0 saturated carbocycles. The van der Waals surface area contributed by atoms with Crippen molar-refractivity contribution in [3.63, 3.8) is 0 Å². The molecular formula is C19H17ClO4. The van der Waals surface area contributed by atoms with E-state index < -0.39 is 0 Å². The molecule has 2 aromatic rings. The summed E-state index contributed by atoms with van der Waals surface area (Å²) < 4.78 is 16.8. The fourth-order valence-electron chi connectivity index (χ4n) is 2.39. The highest BCUT2D eigenvalue weighted by Gasteiger charge is 2.12. The lowest BCUT2D eigenvalue weighted by molar-refractivity contribution is -0.105. The smallest absolute Gasteiger partial charge is 0.149 e. The molecule has 1 heterocycles. The molecule has 0 saturated heterocycles. The number of hydrogen-bond acceptors (Lipinski definition) is 4. The van der Waals surface area contributed by atoms with Gasteiger partial charge in [-0.25, -0.2) is 0 Å². The Morgan fingerprint density at radius 3 is 2.83 bits per heavy atom. The minimum Gasteiger partial charge on any atom is -0.492 e. The Morgan fingerprint density at radius 2 is 2.08 bits per heavy atom. The SMILES string of the molecule is CCOc1ccc(COc2ccc3c(c2)OCC(C=O)=C3)cc1Cl. The summed E-state index contributed by atoms with van der Waals surface area (Å²) >= 11 is 6.18. The van der Waals surface area contributed by atoms with Crippen LogP contribution < -0.4 is 14.2 Å². The van der Waals surface area contributed by atoms with E-state index in [9.17, 15) is 4.79 Å². The third kappa shape index (κ3) is 3.71. The maximum absolute atomic E-state index is 10.8. The second kappa shape index (κ2) is 7.41. The highest BCUT2D eigenvalue weighted by Crippen LogP contribution is 2.31. The van der Waals surface area contributed by atoms with Gasteiger partial charge in [0.2, 0.25) is 0 Å². The van der Waals surface area contributed by atoms with Crippen molar-refractivity contribution >= 4 is 24.0 Å². The maximum atomic E-state index is 10.8. The van der Waals surface area contributed by atoms with Crippen LogP contribution in [0.2, 0.25) is 5.02 Å². The van der Waals surface area contributed by atoms with Gasteiger partial charge in [-0.2, -0.15) is 0 Å². The summed E-state index contributed by atoms with van der Waals surface area (Å²) in [6.45, 7) is 3.17. The van der Waals surface area contributed by atoms with E-state index in [1.165, 1.54) is 0 Å². The molecule has 24 heavy (non-hydrogen) atoms. The van der Waals surface area contributed by atoms with Crippen molar-refractivity contribution in [1.82, 2.24) is 0 Å². The quantitative estimate of drug-likeness (QED) is 0.733. The van der Waals surface area contributed by atoms with E-state index in [2.05, 4.69) is 0 Å². The standard InChI is InChI=1S/C19H17ClO4/c1-2-22-18-6-3-13(8-17(18)20)11-23-16-5-4-15-7-14(10-21)12-24-19(15)9-16/h3-10H,2,11-12H2,1H3. The molecule has 0 aliphatic carbocycles. The van der Waals surface area contributed by atoms with Crippen LogP contribution in [0.1, 0.15) is 18.1 Å². The van der Waals surface area contributed by atoms with Crippen LogP contribution in [0.4, 0.5) is 0 Å². The first kappa shape index (κ1) is 16.4. The molecule has 1 aliphatic heterocycles. The van der Waals surface area contributed by atoms with Crippen LogP contribution in [0.5, 0.6) is 17.2 Å². The molecule has 4 nitrogen and oxygen atoms in total. The minimum atomic E-state index is 0.286. The number of carbonyl (C=O) groups is 1. The van der Waals surface area contributed by atoms with Gasteiger partial charge < -0.3 is 14.2 Å². The summed E-state index contributed by atoms with van der Waals surface area (Å²) in [5.41, 5.74) is 2.45. The lowest BCUT2D eigenvalue weighted by Crippen LogP contribution is -2.08. The Morgan fingerprint density at radius 1 is 1.21 bits per heavy atom. The van der Waals surface area contributed by atoms with E-state index in [-0.39, 0.29) is 6.61 Å². The maximum Gasteiger partial charge on any atom is 0.149 e. The van der Waals surface area contributed by atoms with Gasteiger partial charge in [0.05, 0.1) is 11.6 Å². The fourth-order valence-corrected chi connectivity index (χ4v) is 2.65. The number of fused-ring (bicyclic) bond motifs is 1. The van der Waals surface area contributed by atoms with Gasteiger partial charge in [-0.05, 0) is 42.8 Å². The average molecular weight is 345 g/mol. The van der Waals surface area contributed by atoms with Crippen LogP contribution in [-0.2, 0) is 11.4 Å². The van der Waals surface area contributed by atoms with E-state index in [1.54, 1.807) is 0 Å².